The summed E-state index contributed by atoms with van der Waals surface area (Å²) in [6.07, 6.45) is 0. The smallest absolute Gasteiger partial charge is 0.266 e. The second-order valence-corrected chi connectivity index (χ2v) is 2.77. The molecule has 66 valence electrons. The van der Waals surface area contributed by atoms with Gasteiger partial charge < -0.3 is 0 Å². The van der Waals surface area contributed by atoms with Crippen molar-refractivity contribution in [1.29, 1.82) is 0 Å². The van der Waals surface area contributed by atoms with Gasteiger partial charge in [0.25, 0.3) is 11.8 Å². The predicted octanol–water partition coefficient (Wildman–Crippen LogP) is 1.00. The maximum absolute atomic E-state index is 11.4. The number of benzene rings is 1. The summed E-state index contributed by atoms with van der Waals surface area (Å²) in [5, 5.41) is 0.718. The van der Waals surface area contributed by atoms with Gasteiger partial charge in [-0.15, -0.1) is 5.06 Å². The van der Waals surface area contributed by atoms with Crippen LogP contribution in [0.5, 0.6) is 0 Å². The third-order valence-electron chi connectivity index (χ3n) is 1.86. The molecule has 0 N–H and O–H groups in total. The van der Waals surface area contributed by atoms with Crippen LogP contribution in [0, 0.1) is 0 Å². The molecular formula is C8H6NO3P. The zero-order valence-electron chi connectivity index (χ0n) is 6.56. The summed E-state index contributed by atoms with van der Waals surface area (Å²) in [6.45, 7) is 0. The third kappa shape index (κ3) is 1.07. The molecule has 2 amide bonds. The van der Waals surface area contributed by atoms with Crippen molar-refractivity contribution in [3.8, 4) is 0 Å². The molecule has 0 aromatic heterocycles. The molecule has 0 bridgehead atoms. The SMILES string of the molecule is O=C1c2ccccc2C(=O)N1OP. The maximum atomic E-state index is 11.4. The van der Waals surface area contributed by atoms with E-state index >= 15 is 0 Å². The molecule has 0 saturated heterocycles. The van der Waals surface area contributed by atoms with E-state index in [2.05, 4.69) is 4.62 Å². The predicted molar refractivity (Wildman–Crippen MR) is 47.7 cm³/mol. The number of imide groups is 1. The van der Waals surface area contributed by atoms with Crippen LogP contribution in [0.2, 0.25) is 0 Å². The summed E-state index contributed by atoms with van der Waals surface area (Å²) in [5.74, 6) is -0.841. The highest BCUT2D eigenvalue weighted by molar-refractivity contribution is 7.09. The molecule has 1 unspecified atom stereocenters. The van der Waals surface area contributed by atoms with Crippen LogP contribution < -0.4 is 0 Å². The van der Waals surface area contributed by atoms with Crippen molar-refractivity contribution in [2.24, 2.45) is 0 Å². The Morgan fingerprint density at radius 1 is 1.08 bits per heavy atom. The van der Waals surface area contributed by atoms with Crippen LogP contribution in [0.15, 0.2) is 24.3 Å². The summed E-state index contributed by atoms with van der Waals surface area (Å²) >= 11 is 0. The molecule has 1 aliphatic rings. The van der Waals surface area contributed by atoms with Crippen molar-refractivity contribution in [1.82, 2.24) is 5.06 Å². The van der Waals surface area contributed by atoms with E-state index in [-0.39, 0.29) is 0 Å². The standard InChI is InChI=1S/C8H6NO3P/c10-7-5-3-1-2-4-6(5)8(11)9(7)12-13/h1-4H,13H2. The Labute approximate surface area is 76.7 Å². The monoisotopic (exact) mass is 195 g/mol. The van der Waals surface area contributed by atoms with Crippen molar-refractivity contribution in [3.05, 3.63) is 35.4 Å². The summed E-state index contributed by atoms with van der Waals surface area (Å²) < 4.78 is 4.57. The second-order valence-electron chi connectivity index (χ2n) is 2.56. The first-order valence-electron chi connectivity index (χ1n) is 3.60. The zero-order chi connectivity index (χ0) is 9.42. The van der Waals surface area contributed by atoms with E-state index in [4.69, 9.17) is 0 Å². The lowest BCUT2D eigenvalue weighted by molar-refractivity contribution is -0.00317. The number of carbonyl (C=O) groups excluding carboxylic acids is 2. The fourth-order valence-electron chi connectivity index (χ4n) is 1.26. The molecule has 13 heavy (non-hydrogen) atoms. The van der Waals surface area contributed by atoms with Gasteiger partial charge in [-0.1, -0.05) is 12.1 Å². The van der Waals surface area contributed by atoms with Gasteiger partial charge in [-0.3, -0.25) is 9.59 Å². The van der Waals surface area contributed by atoms with E-state index < -0.39 is 11.8 Å². The second kappa shape index (κ2) is 2.91. The van der Waals surface area contributed by atoms with E-state index in [0.29, 0.717) is 11.1 Å². The van der Waals surface area contributed by atoms with E-state index in [1.807, 2.05) is 9.47 Å². The fraction of sp³-hybridized carbons (Fsp3) is 0. The Morgan fingerprint density at radius 2 is 1.54 bits per heavy atom. The number of carbonyl (C=O) groups is 2. The third-order valence-corrected chi connectivity index (χ3v) is 2.07. The molecule has 5 heteroatoms. The highest BCUT2D eigenvalue weighted by atomic mass is 31.0. The van der Waals surface area contributed by atoms with Gasteiger partial charge in [0.2, 0.25) is 0 Å². The minimum atomic E-state index is -0.421. The molecule has 1 atom stereocenters. The van der Waals surface area contributed by atoms with E-state index in [1.54, 1.807) is 24.3 Å². The number of fused-ring (bicyclic) bond motifs is 1. The number of rotatable bonds is 1. The van der Waals surface area contributed by atoms with E-state index in [1.165, 1.54) is 0 Å². The van der Waals surface area contributed by atoms with Crippen LogP contribution in [0.3, 0.4) is 0 Å². The van der Waals surface area contributed by atoms with Crippen molar-refractivity contribution < 1.29 is 14.2 Å². The van der Waals surface area contributed by atoms with Gasteiger partial charge >= 0.3 is 0 Å². The highest BCUT2D eigenvalue weighted by Crippen LogP contribution is 2.23. The molecule has 0 aliphatic carbocycles. The lowest BCUT2D eigenvalue weighted by atomic mass is 10.1. The summed E-state index contributed by atoms with van der Waals surface area (Å²) in [6, 6.07) is 6.60. The molecule has 1 heterocycles. The first-order chi connectivity index (χ1) is 6.25. The lowest BCUT2D eigenvalue weighted by Crippen LogP contribution is -2.26. The Balaban J connectivity index is 2.57. The van der Waals surface area contributed by atoms with Gasteiger partial charge in [-0.05, 0) is 12.1 Å². The van der Waals surface area contributed by atoms with Crippen LogP contribution >= 0.6 is 9.47 Å². The van der Waals surface area contributed by atoms with Crippen molar-refractivity contribution in [2.75, 3.05) is 0 Å². The number of hydrogen-bond donors (Lipinski definition) is 0. The zero-order valence-corrected chi connectivity index (χ0v) is 7.71. The number of amides is 2. The Morgan fingerprint density at radius 3 is 1.92 bits per heavy atom. The molecule has 4 nitrogen and oxygen atoms in total. The largest absolute Gasteiger partial charge is 0.286 e. The molecule has 1 aromatic rings. The molecule has 0 spiro atoms. The van der Waals surface area contributed by atoms with Gasteiger partial charge in [0.1, 0.15) is 0 Å². The number of hydroxylamine groups is 2. The van der Waals surface area contributed by atoms with Gasteiger partial charge in [0, 0.05) is 9.47 Å². The molecular weight excluding hydrogens is 189 g/mol. The van der Waals surface area contributed by atoms with Crippen LogP contribution in [0.1, 0.15) is 20.7 Å². The van der Waals surface area contributed by atoms with Gasteiger partial charge in [0.05, 0.1) is 11.1 Å². The van der Waals surface area contributed by atoms with Gasteiger partial charge in [0.15, 0.2) is 0 Å². The average molecular weight is 195 g/mol. The van der Waals surface area contributed by atoms with Crippen LogP contribution in [0.4, 0.5) is 0 Å². The molecule has 1 aliphatic heterocycles. The van der Waals surface area contributed by atoms with Gasteiger partial charge in [-0.2, -0.15) is 0 Å². The van der Waals surface area contributed by atoms with Gasteiger partial charge in [-0.25, -0.2) is 4.62 Å². The molecule has 0 fully saturated rings. The topological polar surface area (TPSA) is 46.6 Å². The van der Waals surface area contributed by atoms with Crippen LogP contribution in [-0.4, -0.2) is 16.9 Å². The quantitative estimate of drug-likeness (QED) is 0.496. The Hall–Kier alpha value is -1.25. The first-order valence-corrected chi connectivity index (χ1v) is 4.07. The Bertz CT molecular complexity index is 356. The molecule has 0 saturated carbocycles. The minimum Gasteiger partial charge on any atom is -0.266 e. The van der Waals surface area contributed by atoms with Crippen LogP contribution in [-0.2, 0) is 4.62 Å². The van der Waals surface area contributed by atoms with E-state index in [0.717, 1.165) is 5.06 Å². The number of hydrogen-bond acceptors (Lipinski definition) is 3. The molecule has 1 aromatic carbocycles. The highest BCUT2D eigenvalue weighted by Gasteiger charge is 2.35. The van der Waals surface area contributed by atoms with Crippen LogP contribution in [0.25, 0.3) is 0 Å². The summed E-state index contributed by atoms with van der Waals surface area (Å²) in [7, 11) is 1.87. The van der Waals surface area contributed by atoms with Crippen molar-refractivity contribution >= 4 is 21.3 Å². The normalized spacial score (nSPS) is 15.0. The van der Waals surface area contributed by atoms with Crippen molar-refractivity contribution in [2.45, 2.75) is 0 Å². The number of nitrogens with zero attached hydrogens (tertiary/aromatic N) is 1. The minimum absolute atomic E-state index is 0.384. The fourth-order valence-corrected chi connectivity index (χ4v) is 1.45. The first kappa shape index (κ1) is 8.35. The molecule has 2 rings (SSSR count). The lowest BCUT2D eigenvalue weighted by Gasteiger charge is -2.07. The summed E-state index contributed by atoms with van der Waals surface area (Å²) in [4.78, 5) is 22.8. The van der Waals surface area contributed by atoms with E-state index in [9.17, 15) is 9.59 Å². The maximum Gasteiger partial charge on any atom is 0.286 e. The summed E-state index contributed by atoms with van der Waals surface area (Å²) in [5.41, 5.74) is 0.768. The molecule has 0 radical (unpaired) electrons. The van der Waals surface area contributed by atoms with Crippen molar-refractivity contribution in [3.63, 3.8) is 0 Å². The average Bonchev–Trinajstić information content (AvgIpc) is 2.41. The Kier molecular flexibility index (Phi) is 1.87.